The summed E-state index contributed by atoms with van der Waals surface area (Å²) in [6.07, 6.45) is 5.69. The highest BCUT2D eigenvalue weighted by Gasteiger charge is 2.68. The number of carbonyl (C=O) groups excluding carboxylic acids is 2. The highest BCUT2D eigenvalue weighted by molar-refractivity contribution is 6.09. The number of hydrogen-bond acceptors (Lipinski definition) is 4. The molecule has 2 saturated heterocycles. The van der Waals surface area contributed by atoms with Gasteiger partial charge in [-0.15, -0.1) is 12.3 Å². The third-order valence-corrected chi connectivity index (χ3v) is 7.31. The van der Waals surface area contributed by atoms with Crippen LogP contribution in [0.3, 0.4) is 0 Å². The first kappa shape index (κ1) is 23.5. The first-order chi connectivity index (χ1) is 17.5. The predicted molar refractivity (Wildman–Crippen MR) is 135 cm³/mol. The number of terminal acetylenes is 1. The Hall–Kier alpha value is -4.21. The second kappa shape index (κ2) is 9.44. The number of rotatable bonds is 7. The molecule has 4 atom stereocenters. The van der Waals surface area contributed by atoms with Gasteiger partial charge in [0.2, 0.25) is 11.8 Å². The number of benzene rings is 3. The third-order valence-electron chi connectivity index (χ3n) is 7.31. The van der Waals surface area contributed by atoms with Crippen LogP contribution < -0.4 is 5.32 Å². The number of imide groups is 1. The molecule has 2 amide bonds. The summed E-state index contributed by atoms with van der Waals surface area (Å²) in [5.74, 6) is -1.41. The smallest absolute Gasteiger partial charge is 0.325 e. The molecule has 0 radical (unpaired) electrons. The summed E-state index contributed by atoms with van der Waals surface area (Å²) < 4.78 is 0. The van der Waals surface area contributed by atoms with Crippen LogP contribution in [0.15, 0.2) is 84.9 Å². The van der Waals surface area contributed by atoms with Gasteiger partial charge in [0.25, 0.3) is 0 Å². The molecular formula is C30H26N2O4. The van der Waals surface area contributed by atoms with Crippen LogP contribution in [0.2, 0.25) is 0 Å². The van der Waals surface area contributed by atoms with Crippen molar-refractivity contribution in [2.45, 2.75) is 24.4 Å². The lowest BCUT2D eigenvalue weighted by Crippen LogP contribution is -2.57. The molecule has 2 aliphatic rings. The number of carboxylic acid groups (broad SMARTS) is 1. The van der Waals surface area contributed by atoms with E-state index in [1.54, 1.807) is 0 Å². The van der Waals surface area contributed by atoms with Gasteiger partial charge in [-0.2, -0.15) is 0 Å². The Bertz CT molecular complexity index is 1330. The molecule has 3 aromatic carbocycles. The van der Waals surface area contributed by atoms with Gasteiger partial charge in [-0.25, -0.2) is 0 Å². The monoisotopic (exact) mass is 478 g/mol. The van der Waals surface area contributed by atoms with Crippen molar-refractivity contribution in [1.82, 2.24) is 10.2 Å². The number of hydrogen-bond donors (Lipinski definition) is 2. The van der Waals surface area contributed by atoms with Crippen molar-refractivity contribution >= 4 is 17.8 Å². The summed E-state index contributed by atoms with van der Waals surface area (Å²) >= 11 is 0. The molecule has 2 N–H and O–H groups in total. The normalized spacial score (nSPS) is 25.0. The van der Waals surface area contributed by atoms with Gasteiger partial charge < -0.3 is 5.11 Å². The number of nitrogens with one attached hydrogen (secondary N) is 1. The molecule has 6 heteroatoms. The highest BCUT2D eigenvalue weighted by atomic mass is 16.4. The van der Waals surface area contributed by atoms with Crippen LogP contribution in [0, 0.1) is 24.2 Å². The van der Waals surface area contributed by atoms with Crippen LogP contribution in [-0.4, -0.2) is 39.9 Å². The molecule has 3 aromatic rings. The van der Waals surface area contributed by atoms with E-state index in [4.69, 9.17) is 6.42 Å². The summed E-state index contributed by atoms with van der Waals surface area (Å²) in [6, 6.07) is 26.2. The number of likely N-dealkylation sites (tertiary alicyclic amines) is 1. The van der Waals surface area contributed by atoms with Gasteiger partial charge in [-0.1, -0.05) is 84.9 Å². The van der Waals surface area contributed by atoms with Crippen molar-refractivity contribution in [3.8, 4) is 23.5 Å². The summed E-state index contributed by atoms with van der Waals surface area (Å²) in [5.41, 5.74) is 1.96. The van der Waals surface area contributed by atoms with E-state index in [0.717, 1.165) is 27.2 Å². The van der Waals surface area contributed by atoms with Crippen molar-refractivity contribution in [2.24, 2.45) is 11.8 Å². The molecule has 2 heterocycles. The van der Waals surface area contributed by atoms with E-state index < -0.39 is 35.3 Å². The third kappa shape index (κ3) is 3.88. The maximum Gasteiger partial charge on any atom is 0.325 e. The first-order valence-electron chi connectivity index (χ1n) is 12.0. The van der Waals surface area contributed by atoms with Gasteiger partial charge in [-0.3, -0.25) is 24.6 Å². The van der Waals surface area contributed by atoms with E-state index >= 15 is 0 Å². The van der Waals surface area contributed by atoms with Crippen LogP contribution in [0.25, 0.3) is 11.1 Å². The molecule has 0 bridgehead atoms. The zero-order valence-corrected chi connectivity index (χ0v) is 19.6. The number of fused-ring (bicyclic) bond motifs is 1. The van der Waals surface area contributed by atoms with Crippen LogP contribution in [0.4, 0.5) is 0 Å². The van der Waals surface area contributed by atoms with Gasteiger partial charge in [-0.05, 0) is 22.3 Å². The van der Waals surface area contributed by atoms with E-state index in [2.05, 4.69) is 11.2 Å². The SMILES string of the molecule is C#CCCN1C(=O)C2C(c3ccc(-c4ccccc4)cc3)NC(Cc3ccccc3)(C(=O)O)C2C1=O. The Labute approximate surface area is 210 Å². The number of amides is 2. The number of carbonyl (C=O) groups is 3. The lowest BCUT2D eigenvalue weighted by atomic mass is 9.76. The molecule has 0 aliphatic carbocycles. The maximum absolute atomic E-state index is 13.6. The van der Waals surface area contributed by atoms with Crippen molar-refractivity contribution in [3.63, 3.8) is 0 Å². The maximum atomic E-state index is 13.6. The second-order valence-electron chi connectivity index (χ2n) is 9.33. The Morgan fingerprint density at radius 2 is 1.53 bits per heavy atom. The fraction of sp³-hybridized carbons (Fsp3) is 0.233. The van der Waals surface area contributed by atoms with Crippen molar-refractivity contribution in [2.75, 3.05) is 6.54 Å². The predicted octanol–water partition coefficient (Wildman–Crippen LogP) is 3.69. The molecular weight excluding hydrogens is 452 g/mol. The highest BCUT2D eigenvalue weighted by Crippen LogP contribution is 2.50. The van der Waals surface area contributed by atoms with E-state index in [0.29, 0.717) is 0 Å². The molecule has 36 heavy (non-hydrogen) atoms. The average Bonchev–Trinajstić information content (AvgIpc) is 3.38. The topological polar surface area (TPSA) is 86.7 Å². The van der Waals surface area contributed by atoms with Crippen molar-refractivity contribution in [1.29, 1.82) is 0 Å². The Balaban J connectivity index is 1.57. The molecule has 0 spiro atoms. The fourth-order valence-electron chi connectivity index (χ4n) is 5.61. The molecule has 0 saturated carbocycles. The van der Waals surface area contributed by atoms with Crippen LogP contribution in [0.1, 0.15) is 23.6 Å². The molecule has 6 nitrogen and oxygen atoms in total. The minimum Gasteiger partial charge on any atom is -0.480 e. The molecule has 0 aromatic heterocycles. The van der Waals surface area contributed by atoms with Crippen molar-refractivity contribution in [3.05, 3.63) is 96.1 Å². The van der Waals surface area contributed by atoms with Crippen LogP contribution in [-0.2, 0) is 20.8 Å². The van der Waals surface area contributed by atoms with E-state index in [1.807, 2.05) is 84.9 Å². The zero-order valence-electron chi connectivity index (χ0n) is 19.6. The van der Waals surface area contributed by atoms with Crippen LogP contribution in [0.5, 0.6) is 0 Å². The summed E-state index contributed by atoms with van der Waals surface area (Å²) in [4.78, 5) is 41.1. The lowest BCUT2D eigenvalue weighted by molar-refractivity contribution is -0.151. The molecule has 4 unspecified atom stereocenters. The number of nitrogens with zero attached hydrogens (tertiary/aromatic N) is 1. The quantitative estimate of drug-likeness (QED) is 0.400. The number of carboxylic acids is 1. The Morgan fingerprint density at radius 1 is 0.917 bits per heavy atom. The van der Waals surface area contributed by atoms with Gasteiger partial charge in [0.1, 0.15) is 5.54 Å². The Kier molecular flexibility index (Phi) is 6.17. The van der Waals surface area contributed by atoms with E-state index in [1.165, 1.54) is 0 Å². The standard InChI is InChI=1S/C30H26N2O4/c1-2-3-18-32-27(33)24-25(28(32)34)30(29(35)36,19-20-10-6-4-7-11-20)31-26(24)23-16-14-22(15-17-23)21-12-8-5-9-13-21/h1,4-17,24-26,31H,3,18-19H2,(H,35,36). The lowest BCUT2D eigenvalue weighted by Gasteiger charge is -2.31. The summed E-state index contributed by atoms with van der Waals surface area (Å²) in [7, 11) is 0. The average molecular weight is 479 g/mol. The first-order valence-corrected chi connectivity index (χ1v) is 12.0. The van der Waals surface area contributed by atoms with Gasteiger partial charge in [0.15, 0.2) is 0 Å². The minimum atomic E-state index is -1.63. The summed E-state index contributed by atoms with van der Waals surface area (Å²) in [6.45, 7) is 0.0852. The Morgan fingerprint density at radius 3 is 2.14 bits per heavy atom. The van der Waals surface area contributed by atoms with Crippen molar-refractivity contribution < 1.29 is 19.5 Å². The minimum absolute atomic E-state index is 0.0743. The second-order valence-corrected chi connectivity index (χ2v) is 9.33. The van der Waals surface area contributed by atoms with Gasteiger partial charge in [0.05, 0.1) is 11.8 Å². The van der Waals surface area contributed by atoms with Crippen LogP contribution >= 0.6 is 0 Å². The summed E-state index contributed by atoms with van der Waals surface area (Å²) in [5, 5.41) is 13.8. The zero-order chi connectivity index (χ0) is 25.3. The van der Waals surface area contributed by atoms with Gasteiger partial charge in [0, 0.05) is 25.4 Å². The fourth-order valence-corrected chi connectivity index (χ4v) is 5.61. The molecule has 2 fully saturated rings. The molecule has 180 valence electrons. The van der Waals surface area contributed by atoms with E-state index in [-0.39, 0.29) is 25.3 Å². The molecule has 5 rings (SSSR count). The van der Waals surface area contributed by atoms with Gasteiger partial charge >= 0.3 is 5.97 Å². The largest absolute Gasteiger partial charge is 0.480 e. The molecule has 2 aliphatic heterocycles. The number of aliphatic carboxylic acids is 1. The van der Waals surface area contributed by atoms with E-state index in [9.17, 15) is 19.5 Å².